The molecule has 15 rings (SSSR count). The summed E-state index contributed by atoms with van der Waals surface area (Å²) in [5.41, 5.74) is 35.7. The van der Waals surface area contributed by atoms with E-state index in [1.807, 2.05) is 104 Å². The first-order chi connectivity index (χ1) is 56.0. The van der Waals surface area contributed by atoms with Gasteiger partial charge in [-0.05, 0) is 229 Å². The highest BCUT2D eigenvalue weighted by molar-refractivity contribution is 6.04. The van der Waals surface area contributed by atoms with Crippen LogP contribution in [0.5, 0.6) is 0 Å². The smallest absolute Gasteiger partial charge is 0.356 e. The number of rotatable bonds is 30. The van der Waals surface area contributed by atoms with Gasteiger partial charge in [-0.2, -0.15) is 20.1 Å². The highest BCUT2D eigenvalue weighted by atomic mass is 19.1. The van der Waals surface area contributed by atoms with Crippen LogP contribution in [0.25, 0.3) is 21.9 Å². The Balaban J connectivity index is 0.000000151. The molecule has 0 radical (unpaired) electrons. The summed E-state index contributed by atoms with van der Waals surface area (Å²) >= 11 is 0. The monoisotopic (exact) mass is 1550 g/mol. The number of aromatic nitrogens is 6. The Hall–Kier alpha value is -13.1. The molecule has 24 heteroatoms. The van der Waals surface area contributed by atoms with Crippen LogP contribution in [0.1, 0.15) is 183 Å². The van der Waals surface area contributed by atoms with Gasteiger partial charge in [0.15, 0.2) is 17.3 Å². The number of nitrogens with two attached hydrogens (primary N) is 4. The molecule has 3 fully saturated rings. The third kappa shape index (κ3) is 19.9. The Bertz CT molecular complexity index is 5720. The lowest BCUT2D eigenvalue weighted by molar-refractivity contribution is 0.0689. The second kappa shape index (κ2) is 36.4. The summed E-state index contributed by atoms with van der Waals surface area (Å²) in [6, 6.07) is 67.0. The summed E-state index contributed by atoms with van der Waals surface area (Å²) in [6.45, 7) is 13.5. The van der Waals surface area contributed by atoms with Crippen LogP contribution in [-0.4, -0.2) is 76.8 Å². The van der Waals surface area contributed by atoms with Crippen molar-refractivity contribution in [1.82, 2.24) is 40.0 Å². The van der Waals surface area contributed by atoms with Crippen LogP contribution in [0.2, 0.25) is 0 Å². The van der Waals surface area contributed by atoms with Gasteiger partial charge in [-0.25, -0.2) is 27.3 Å². The van der Waals surface area contributed by atoms with Crippen molar-refractivity contribution >= 4 is 40.8 Å². The number of nitrogens with zero attached hydrogens (tertiary/aromatic N) is 8. The van der Waals surface area contributed by atoms with Crippen molar-refractivity contribution in [3.05, 3.63) is 354 Å². The number of benzene rings is 9. The minimum absolute atomic E-state index is 0.0371. The van der Waals surface area contributed by atoms with Crippen molar-refractivity contribution < 1.29 is 37.5 Å². The van der Waals surface area contributed by atoms with E-state index in [9.17, 15) is 38.3 Å². The van der Waals surface area contributed by atoms with Crippen molar-refractivity contribution in [3.8, 4) is 23.1 Å². The van der Waals surface area contributed by atoms with Gasteiger partial charge < -0.3 is 48.8 Å². The molecule has 3 unspecified atom stereocenters. The molecule has 0 aliphatic heterocycles. The SMILES string of the molecule is Cc1cc(C(=O)Nc2cc(C(NCC3CC3)c3cccc(C#N)c3)ccc2F)n(-c2cccc(C(=N)N)c2)n1.NCc1cccc(-n2nc(C(=O)O)cc2C(=O)Cc2cc(C(NCC3CC3)c3ccccc3)ccc2F)c1.[C-]#[N+]c1cc(C(=O)Cc2cc(C(N)(CCC3CC3)c3ccc(C)cc3)ccc2F)n(-c2cccc(CN)c2)n1. The fourth-order valence-electron chi connectivity index (χ4n) is 14.1. The number of ketones is 2. The number of carbonyl (C=O) groups excluding carboxylic acids is 3. The number of aromatic carboxylic acids is 1. The number of aryl methyl sites for hydroxylation is 2. The predicted octanol–water partition coefficient (Wildman–Crippen LogP) is 15.6. The molecule has 0 saturated heterocycles. The van der Waals surface area contributed by atoms with Crippen molar-refractivity contribution in [2.24, 2.45) is 40.7 Å². The average Bonchev–Trinajstić information content (AvgIpc) is 0.831. The number of Topliss-reactive ketones (excluding diaryl/α,β-unsaturated/α-hetero) is 2. The van der Waals surface area contributed by atoms with Gasteiger partial charge in [0.2, 0.25) is 0 Å². The van der Waals surface area contributed by atoms with E-state index in [2.05, 4.69) is 42.2 Å². The number of amides is 1. The zero-order chi connectivity index (χ0) is 81.7. The van der Waals surface area contributed by atoms with Crippen molar-refractivity contribution in [2.45, 2.75) is 109 Å². The summed E-state index contributed by atoms with van der Waals surface area (Å²) < 4.78 is 49.3. The van der Waals surface area contributed by atoms with Gasteiger partial charge in [0, 0.05) is 37.6 Å². The molecule has 588 valence electrons. The summed E-state index contributed by atoms with van der Waals surface area (Å²) in [4.78, 5) is 55.5. The fourth-order valence-corrected chi connectivity index (χ4v) is 14.1. The van der Waals surface area contributed by atoms with E-state index in [4.69, 9.17) is 34.9 Å². The van der Waals surface area contributed by atoms with Crippen LogP contribution in [0, 0.1) is 72.4 Å². The minimum atomic E-state index is -1.26. The van der Waals surface area contributed by atoms with E-state index >= 15 is 4.39 Å². The molecule has 0 spiro atoms. The molecule has 3 heterocycles. The molecule has 1 amide bonds. The minimum Gasteiger partial charge on any atom is -0.476 e. The average molecular weight is 1560 g/mol. The second-order valence-electron chi connectivity index (χ2n) is 29.9. The maximum absolute atomic E-state index is 15.1. The van der Waals surface area contributed by atoms with E-state index in [-0.39, 0.29) is 88.5 Å². The van der Waals surface area contributed by atoms with Crippen LogP contribution in [0.15, 0.2) is 224 Å². The normalized spacial score (nSPS) is 13.9. The van der Waals surface area contributed by atoms with E-state index in [0.29, 0.717) is 58.2 Å². The van der Waals surface area contributed by atoms with Gasteiger partial charge >= 0.3 is 5.97 Å². The molecule has 3 aliphatic rings. The van der Waals surface area contributed by atoms with Crippen LogP contribution >= 0.6 is 0 Å². The molecule has 9 aromatic carbocycles. The highest BCUT2D eigenvalue weighted by Gasteiger charge is 2.35. The van der Waals surface area contributed by atoms with E-state index in [1.165, 1.54) is 82.9 Å². The van der Waals surface area contributed by atoms with E-state index in [0.717, 1.165) is 76.0 Å². The number of anilines is 1. The molecule has 21 nitrogen and oxygen atoms in total. The number of nitriles is 1. The van der Waals surface area contributed by atoms with Gasteiger partial charge in [-0.3, -0.25) is 19.8 Å². The number of nitrogen functional groups attached to an aromatic ring is 1. The number of carbonyl (C=O) groups is 4. The number of halogens is 3. The second-order valence-corrected chi connectivity index (χ2v) is 29.9. The molecular weight excluding hydrogens is 1470 g/mol. The zero-order valence-electron chi connectivity index (χ0n) is 64.2. The first-order valence-electron chi connectivity index (χ1n) is 38.6. The van der Waals surface area contributed by atoms with Crippen LogP contribution < -0.4 is 38.9 Å². The number of hydrogen-bond acceptors (Lipinski definition) is 14. The number of amidine groups is 1. The molecular formula is C92H89F3N16O5. The number of carboxylic acid groups (broad SMARTS) is 1. The predicted molar refractivity (Wildman–Crippen MR) is 440 cm³/mol. The summed E-state index contributed by atoms with van der Waals surface area (Å²) in [6.07, 6.45) is 8.50. The largest absolute Gasteiger partial charge is 0.476 e. The fraction of sp³-hybridized carbons (Fsp3) is 0.239. The van der Waals surface area contributed by atoms with Crippen molar-refractivity contribution in [1.29, 1.82) is 10.7 Å². The number of nitrogens with one attached hydrogen (secondary N) is 4. The summed E-state index contributed by atoms with van der Waals surface area (Å²) in [5.74, 6) is -2.17. The van der Waals surface area contributed by atoms with Gasteiger partial charge in [0.1, 0.15) is 40.4 Å². The molecule has 13 N–H and O–H groups in total. The lowest BCUT2D eigenvalue weighted by atomic mass is 9.78. The maximum Gasteiger partial charge on any atom is 0.356 e. The topological polar surface area (TPSA) is 334 Å². The number of carboxylic acids is 1. The molecule has 3 aromatic heterocycles. The highest BCUT2D eigenvalue weighted by Crippen LogP contribution is 2.41. The molecule has 116 heavy (non-hydrogen) atoms. The molecule has 3 aliphatic carbocycles. The van der Waals surface area contributed by atoms with Crippen LogP contribution in [0.4, 0.5) is 24.7 Å². The molecule has 3 saturated carbocycles. The van der Waals surface area contributed by atoms with Crippen LogP contribution in [-0.2, 0) is 31.5 Å². The Labute approximate surface area is 670 Å². The molecule has 12 aromatic rings. The van der Waals surface area contributed by atoms with Gasteiger partial charge in [0.05, 0.1) is 57.7 Å². The van der Waals surface area contributed by atoms with Crippen molar-refractivity contribution in [2.75, 3.05) is 18.4 Å². The van der Waals surface area contributed by atoms with Crippen molar-refractivity contribution in [3.63, 3.8) is 0 Å². The molecule has 3 atom stereocenters. The first-order valence-corrected chi connectivity index (χ1v) is 38.6. The van der Waals surface area contributed by atoms with Gasteiger partial charge in [-0.15, -0.1) is 0 Å². The quantitative estimate of drug-likeness (QED) is 0.00874. The van der Waals surface area contributed by atoms with E-state index < -0.39 is 40.7 Å². The Morgan fingerprint density at radius 2 is 1.10 bits per heavy atom. The first kappa shape index (κ1) is 81.0. The lowest BCUT2D eigenvalue weighted by Gasteiger charge is -2.32. The maximum atomic E-state index is 15.1. The zero-order valence-corrected chi connectivity index (χ0v) is 64.2. The van der Waals surface area contributed by atoms with Gasteiger partial charge in [-0.1, -0.05) is 158 Å². The summed E-state index contributed by atoms with van der Waals surface area (Å²) in [5, 5.41) is 49.3. The van der Waals surface area contributed by atoms with Gasteiger partial charge in [0.25, 0.3) is 11.7 Å². The third-order valence-corrected chi connectivity index (χ3v) is 21.1. The Morgan fingerprint density at radius 1 is 0.578 bits per heavy atom. The molecule has 0 bridgehead atoms. The Morgan fingerprint density at radius 3 is 1.70 bits per heavy atom. The Kier molecular flexibility index (Phi) is 25.4. The van der Waals surface area contributed by atoms with Crippen LogP contribution in [0.3, 0.4) is 0 Å². The standard InChI is InChI=1S/C32H32FN5O.C30H28FN7O.C30H29FN4O3/c1-21-6-10-25(11-7-21)32(35,15-14-22-8-9-22)26-12-13-28(33)24(17-26)18-30(39)29-19-31(36-2)37-38(29)27-5-3-4-23(16-27)20-34;1-18-12-27(38(37-18)24-7-3-6-23(14-24)29(33)34)30(39)36-26-15-22(10-11-25(26)31)28(35-17-19-8-9-19)21-5-2-4-20(13-21)16-32;31-25-12-11-22(29(33-18-19-9-10-19)21-6-2-1-3-7-21)14-23(25)15-28(36)27-16-26(30(37)38)34-35(27)24-8-4-5-20(13-24)17-32/h3-7,10-13,16-17,19,22H,8-9,14-15,18,20,34-35H2,1H3;2-7,10-15,19,28,35H,8-9,17H2,1H3,(H3,33,34)(H,36,39);1-8,11-14,16,19,29,33H,9-10,15,17-18,32H2,(H,37,38). The third-order valence-electron chi connectivity index (χ3n) is 21.1. The lowest BCUT2D eigenvalue weighted by Crippen LogP contribution is -2.38. The van der Waals surface area contributed by atoms with E-state index in [1.54, 1.807) is 104 Å². The summed E-state index contributed by atoms with van der Waals surface area (Å²) in [7, 11) is 0. The number of hydrogen-bond donors (Lipinski definition) is 9.